The van der Waals surface area contributed by atoms with Gasteiger partial charge in [-0.25, -0.2) is 9.37 Å². The van der Waals surface area contributed by atoms with Crippen LogP contribution in [0.2, 0.25) is 0 Å². The second-order valence-corrected chi connectivity index (χ2v) is 4.92. The third-order valence-corrected chi connectivity index (χ3v) is 3.04. The van der Waals surface area contributed by atoms with Crippen molar-refractivity contribution in [2.75, 3.05) is 13.6 Å². The van der Waals surface area contributed by atoms with Crippen molar-refractivity contribution in [2.45, 2.75) is 19.9 Å². The molecule has 0 aliphatic carbocycles. The summed E-state index contributed by atoms with van der Waals surface area (Å²) in [6.07, 6.45) is 2.75. The Bertz CT molecular complexity index is 643. The molecule has 1 aromatic heterocycles. The van der Waals surface area contributed by atoms with E-state index in [1.807, 2.05) is 6.07 Å². The topological polar surface area (TPSA) is 58.5 Å². The van der Waals surface area contributed by atoms with Gasteiger partial charge in [0.1, 0.15) is 11.6 Å². The first-order valence-electron chi connectivity index (χ1n) is 7.54. The van der Waals surface area contributed by atoms with Crippen molar-refractivity contribution in [3.05, 3.63) is 54.0 Å². The molecule has 2 rings (SSSR count). The quantitative estimate of drug-likeness (QED) is 0.635. The zero-order valence-electron chi connectivity index (χ0n) is 13.3. The van der Waals surface area contributed by atoms with Gasteiger partial charge in [0.05, 0.1) is 0 Å². The van der Waals surface area contributed by atoms with Crippen LogP contribution in [0.4, 0.5) is 4.39 Å². The Labute approximate surface area is 135 Å². The van der Waals surface area contributed by atoms with Crippen LogP contribution in [-0.2, 0) is 6.54 Å². The number of benzene rings is 1. The number of aliphatic imine (C=N–C) groups is 1. The number of hydrogen-bond acceptors (Lipinski definition) is 3. The van der Waals surface area contributed by atoms with E-state index in [-0.39, 0.29) is 5.82 Å². The fourth-order valence-electron chi connectivity index (χ4n) is 1.88. The van der Waals surface area contributed by atoms with Gasteiger partial charge in [0.15, 0.2) is 5.96 Å². The highest BCUT2D eigenvalue weighted by molar-refractivity contribution is 5.79. The minimum atomic E-state index is -0.339. The van der Waals surface area contributed by atoms with Crippen LogP contribution in [-0.4, -0.2) is 24.5 Å². The number of nitrogens with one attached hydrogen (secondary N) is 2. The Balaban J connectivity index is 1.89. The van der Waals surface area contributed by atoms with Crippen LogP contribution in [0.1, 0.15) is 18.9 Å². The summed E-state index contributed by atoms with van der Waals surface area (Å²) in [7, 11) is 1.74. The summed E-state index contributed by atoms with van der Waals surface area (Å²) < 4.78 is 18.6. The molecule has 1 heterocycles. The normalized spacial score (nSPS) is 11.2. The third kappa shape index (κ3) is 5.58. The molecular weight excluding hydrogens is 295 g/mol. The molecule has 0 aliphatic rings. The van der Waals surface area contributed by atoms with Gasteiger partial charge in [0.2, 0.25) is 5.88 Å². The fourth-order valence-corrected chi connectivity index (χ4v) is 1.88. The Morgan fingerprint density at radius 3 is 2.78 bits per heavy atom. The summed E-state index contributed by atoms with van der Waals surface area (Å²) in [5, 5.41) is 6.40. The third-order valence-electron chi connectivity index (χ3n) is 3.04. The molecular formula is C17H21FN4O. The molecule has 23 heavy (non-hydrogen) atoms. The summed E-state index contributed by atoms with van der Waals surface area (Å²) in [4.78, 5) is 8.36. The molecule has 0 bridgehead atoms. The van der Waals surface area contributed by atoms with Gasteiger partial charge < -0.3 is 15.4 Å². The van der Waals surface area contributed by atoms with E-state index in [0.717, 1.165) is 24.5 Å². The first-order valence-corrected chi connectivity index (χ1v) is 7.54. The van der Waals surface area contributed by atoms with Gasteiger partial charge in [-0.05, 0) is 24.1 Å². The smallest absolute Gasteiger partial charge is 0.219 e. The molecule has 0 amide bonds. The van der Waals surface area contributed by atoms with Crippen LogP contribution in [0.5, 0.6) is 11.6 Å². The largest absolute Gasteiger partial charge is 0.439 e. The Hall–Kier alpha value is -2.63. The van der Waals surface area contributed by atoms with Gasteiger partial charge in [-0.2, -0.15) is 0 Å². The Morgan fingerprint density at radius 1 is 1.26 bits per heavy atom. The lowest BCUT2D eigenvalue weighted by molar-refractivity contribution is 0.457. The second-order valence-electron chi connectivity index (χ2n) is 4.92. The molecule has 0 unspecified atom stereocenters. The second kappa shape index (κ2) is 8.73. The molecule has 0 atom stereocenters. The molecule has 0 aliphatic heterocycles. The molecule has 0 saturated heterocycles. The van der Waals surface area contributed by atoms with Crippen molar-refractivity contribution in [3.63, 3.8) is 0 Å². The zero-order chi connectivity index (χ0) is 16.5. The van der Waals surface area contributed by atoms with Crippen LogP contribution in [0.15, 0.2) is 47.6 Å². The molecule has 2 aromatic rings. The maximum atomic E-state index is 13.1. The molecule has 0 fully saturated rings. The molecule has 0 spiro atoms. The molecule has 1 aromatic carbocycles. The van der Waals surface area contributed by atoms with Crippen LogP contribution in [0.3, 0.4) is 0 Å². The Morgan fingerprint density at radius 2 is 2.13 bits per heavy atom. The number of rotatable bonds is 6. The molecule has 0 radical (unpaired) electrons. The van der Waals surface area contributed by atoms with E-state index in [0.29, 0.717) is 18.2 Å². The van der Waals surface area contributed by atoms with Crippen LogP contribution in [0.25, 0.3) is 0 Å². The van der Waals surface area contributed by atoms with Gasteiger partial charge in [0, 0.05) is 38.5 Å². The highest BCUT2D eigenvalue weighted by Gasteiger charge is 2.02. The van der Waals surface area contributed by atoms with E-state index in [4.69, 9.17) is 4.74 Å². The summed E-state index contributed by atoms with van der Waals surface area (Å²) in [6, 6.07) is 9.63. The number of aromatic nitrogens is 1. The molecule has 6 heteroatoms. The minimum absolute atomic E-state index is 0.339. The average molecular weight is 316 g/mol. The maximum Gasteiger partial charge on any atom is 0.219 e. The van der Waals surface area contributed by atoms with Gasteiger partial charge in [-0.15, -0.1) is 0 Å². The van der Waals surface area contributed by atoms with E-state index in [2.05, 4.69) is 27.5 Å². The van der Waals surface area contributed by atoms with Gasteiger partial charge >= 0.3 is 0 Å². The lowest BCUT2D eigenvalue weighted by Gasteiger charge is -2.11. The van der Waals surface area contributed by atoms with Crippen LogP contribution in [0, 0.1) is 5.82 Å². The maximum absolute atomic E-state index is 13.1. The molecule has 5 nitrogen and oxygen atoms in total. The van der Waals surface area contributed by atoms with Crippen molar-refractivity contribution in [1.29, 1.82) is 0 Å². The van der Waals surface area contributed by atoms with E-state index >= 15 is 0 Å². The van der Waals surface area contributed by atoms with E-state index in [9.17, 15) is 4.39 Å². The zero-order valence-corrected chi connectivity index (χ0v) is 13.3. The number of nitrogens with zero attached hydrogens (tertiary/aromatic N) is 2. The van der Waals surface area contributed by atoms with Crippen molar-refractivity contribution < 1.29 is 9.13 Å². The average Bonchev–Trinajstić information content (AvgIpc) is 2.56. The first kappa shape index (κ1) is 16.7. The van der Waals surface area contributed by atoms with Crippen LogP contribution < -0.4 is 15.4 Å². The number of guanidine groups is 1. The summed E-state index contributed by atoms with van der Waals surface area (Å²) in [5.74, 6) is 1.27. The number of hydrogen-bond donors (Lipinski definition) is 2. The van der Waals surface area contributed by atoms with Crippen molar-refractivity contribution in [2.24, 2.45) is 4.99 Å². The van der Waals surface area contributed by atoms with E-state index < -0.39 is 0 Å². The lowest BCUT2D eigenvalue weighted by Crippen LogP contribution is -2.37. The minimum Gasteiger partial charge on any atom is -0.439 e. The molecule has 122 valence electrons. The number of halogens is 1. The predicted molar refractivity (Wildman–Crippen MR) is 89.2 cm³/mol. The van der Waals surface area contributed by atoms with Gasteiger partial charge in [-0.3, -0.25) is 4.99 Å². The summed E-state index contributed by atoms with van der Waals surface area (Å²) in [6.45, 7) is 3.58. The predicted octanol–water partition coefficient (Wildman–Crippen LogP) is 3.09. The summed E-state index contributed by atoms with van der Waals surface area (Å²) >= 11 is 0. The standard InChI is InChI=1S/C17H21FN4O/c1-3-9-20-17(19-2)22-12-13-7-8-16(21-11-13)23-15-6-4-5-14(18)10-15/h4-8,10-11H,3,9,12H2,1-2H3,(H2,19,20,22). The van der Waals surface area contributed by atoms with Crippen molar-refractivity contribution in [3.8, 4) is 11.6 Å². The van der Waals surface area contributed by atoms with E-state index in [1.165, 1.54) is 12.1 Å². The highest BCUT2D eigenvalue weighted by atomic mass is 19.1. The number of ether oxygens (including phenoxy) is 1. The first-order chi connectivity index (χ1) is 11.2. The fraction of sp³-hybridized carbons (Fsp3) is 0.294. The monoisotopic (exact) mass is 316 g/mol. The van der Waals surface area contributed by atoms with Gasteiger partial charge in [-0.1, -0.05) is 19.1 Å². The number of pyridine rings is 1. The molecule has 2 N–H and O–H groups in total. The van der Waals surface area contributed by atoms with Gasteiger partial charge in [0.25, 0.3) is 0 Å². The Kier molecular flexibility index (Phi) is 6.35. The van der Waals surface area contributed by atoms with Crippen LogP contribution >= 0.6 is 0 Å². The summed E-state index contributed by atoms with van der Waals surface area (Å²) in [5.41, 5.74) is 0.996. The van der Waals surface area contributed by atoms with Crippen molar-refractivity contribution in [1.82, 2.24) is 15.6 Å². The van der Waals surface area contributed by atoms with E-state index in [1.54, 1.807) is 31.4 Å². The lowest BCUT2D eigenvalue weighted by atomic mass is 10.3. The van der Waals surface area contributed by atoms with Crippen molar-refractivity contribution >= 4 is 5.96 Å². The highest BCUT2D eigenvalue weighted by Crippen LogP contribution is 2.19. The molecule has 0 saturated carbocycles. The SMILES string of the molecule is CCCNC(=NC)NCc1ccc(Oc2cccc(F)c2)nc1.